The summed E-state index contributed by atoms with van der Waals surface area (Å²) in [6.07, 6.45) is 2.32. The van der Waals surface area contributed by atoms with Gasteiger partial charge < -0.3 is 15.0 Å². The zero-order valence-electron chi connectivity index (χ0n) is 19.5. The number of nitrogens with zero attached hydrogens (tertiary/aromatic N) is 1. The molecule has 0 fully saturated rings. The van der Waals surface area contributed by atoms with Gasteiger partial charge in [-0.05, 0) is 56.4 Å². The lowest BCUT2D eigenvalue weighted by molar-refractivity contribution is -0.143. The zero-order valence-corrected chi connectivity index (χ0v) is 19.5. The quantitative estimate of drug-likeness (QED) is 0.571. The van der Waals surface area contributed by atoms with E-state index in [1.54, 1.807) is 4.90 Å². The van der Waals surface area contributed by atoms with E-state index < -0.39 is 6.04 Å². The van der Waals surface area contributed by atoms with Crippen molar-refractivity contribution in [2.45, 2.75) is 72.5 Å². The van der Waals surface area contributed by atoms with Crippen LogP contribution in [0.1, 0.15) is 57.2 Å². The molecule has 2 aromatic rings. The highest BCUT2D eigenvalue weighted by atomic mass is 16.5. The van der Waals surface area contributed by atoms with E-state index in [0.717, 1.165) is 24.0 Å². The third-order valence-corrected chi connectivity index (χ3v) is 5.52. The highest BCUT2D eigenvalue weighted by Crippen LogP contribution is 2.16. The van der Waals surface area contributed by atoms with Crippen LogP contribution in [-0.4, -0.2) is 35.4 Å². The molecule has 2 atom stereocenters. The minimum Gasteiger partial charge on any atom is -0.484 e. The summed E-state index contributed by atoms with van der Waals surface area (Å²) < 4.78 is 5.76. The third-order valence-electron chi connectivity index (χ3n) is 5.52. The second kappa shape index (κ2) is 12.1. The van der Waals surface area contributed by atoms with E-state index in [4.69, 9.17) is 4.74 Å². The van der Waals surface area contributed by atoms with E-state index >= 15 is 0 Å². The number of hydrogen-bond acceptors (Lipinski definition) is 3. The molecule has 0 heterocycles. The molecule has 0 saturated heterocycles. The number of hydrogen-bond donors (Lipinski definition) is 1. The van der Waals surface area contributed by atoms with Crippen molar-refractivity contribution in [2.24, 2.45) is 0 Å². The maximum Gasteiger partial charge on any atom is 0.261 e. The molecule has 2 amide bonds. The number of benzene rings is 2. The van der Waals surface area contributed by atoms with Crippen LogP contribution in [0.2, 0.25) is 0 Å². The van der Waals surface area contributed by atoms with Crippen molar-refractivity contribution in [1.82, 2.24) is 10.2 Å². The Morgan fingerprint density at radius 1 is 1.00 bits per heavy atom. The molecule has 1 N–H and O–H groups in total. The second-order valence-corrected chi connectivity index (χ2v) is 8.04. The molecule has 0 bridgehead atoms. The van der Waals surface area contributed by atoms with Gasteiger partial charge in [-0.1, -0.05) is 62.7 Å². The van der Waals surface area contributed by atoms with Crippen molar-refractivity contribution < 1.29 is 14.3 Å². The van der Waals surface area contributed by atoms with Crippen LogP contribution in [-0.2, 0) is 22.6 Å². The molecule has 0 aliphatic rings. The average molecular weight is 425 g/mol. The summed E-state index contributed by atoms with van der Waals surface area (Å²) in [5, 5.41) is 3.03. The fourth-order valence-electron chi connectivity index (χ4n) is 3.42. The third kappa shape index (κ3) is 7.42. The van der Waals surface area contributed by atoms with Crippen LogP contribution in [0.4, 0.5) is 0 Å². The van der Waals surface area contributed by atoms with Gasteiger partial charge in [0.05, 0.1) is 0 Å². The zero-order chi connectivity index (χ0) is 22.8. The maximum atomic E-state index is 13.2. The summed E-state index contributed by atoms with van der Waals surface area (Å²) in [5.41, 5.74) is 3.33. The van der Waals surface area contributed by atoms with Gasteiger partial charge in [0.2, 0.25) is 5.91 Å². The lowest BCUT2D eigenvalue weighted by Crippen LogP contribution is -2.51. The molecule has 31 heavy (non-hydrogen) atoms. The summed E-state index contributed by atoms with van der Waals surface area (Å²) in [5.74, 6) is 0.329. The van der Waals surface area contributed by atoms with Crippen molar-refractivity contribution in [3.8, 4) is 5.75 Å². The molecule has 0 radical (unpaired) electrons. The van der Waals surface area contributed by atoms with E-state index in [1.807, 2.05) is 76.2 Å². The molecule has 0 aliphatic heterocycles. The fraction of sp³-hybridized carbons (Fsp3) is 0.462. The Labute approximate surface area is 186 Å². The molecular formula is C26H36N2O3. The van der Waals surface area contributed by atoms with Gasteiger partial charge in [-0.15, -0.1) is 0 Å². The van der Waals surface area contributed by atoms with Crippen molar-refractivity contribution >= 4 is 11.8 Å². The van der Waals surface area contributed by atoms with Crippen LogP contribution in [0.25, 0.3) is 0 Å². The van der Waals surface area contributed by atoms with E-state index in [9.17, 15) is 9.59 Å². The summed E-state index contributed by atoms with van der Waals surface area (Å²) in [4.78, 5) is 27.8. The van der Waals surface area contributed by atoms with Crippen LogP contribution < -0.4 is 10.1 Å². The van der Waals surface area contributed by atoms with Gasteiger partial charge >= 0.3 is 0 Å². The molecule has 2 rings (SSSR count). The van der Waals surface area contributed by atoms with Crippen molar-refractivity contribution in [2.75, 3.05) is 6.61 Å². The van der Waals surface area contributed by atoms with E-state index in [2.05, 4.69) is 12.2 Å². The molecule has 168 valence electrons. The first kappa shape index (κ1) is 24.4. The number of amides is 2. The Morgan fingerprint density at radius 2 is 1.71 bits per heavy atom. The molecule has 0 unspecified atom stereocenters. The predicted molar refractivity (Wildman–Crippen MR) is 125 cm³/mol. The number of aryl methyl sites for hydroxylation is 2. The topological polar surface area (TPSA) is 58.6 Å². The maximum absolute atomic E-state index is 13.2. The highest BCUT2D eigenvalue weighted by Gasteiger charge is 2.29. The summed E-state index contributed by atoms with van der Waals surface area (Å²) in [6.45, 7) is 10.3. The molecule has 0 aliphatic carbocycles. The largest absolute Gasteiger partial charge is 0.484 e. The van der Waals surface area contributed by atoms with Gasteiger partial charge in [-0.25, -0.2) is 0 Å². The Kier molecular flexibility index (Phi) is 9.57. The molecule has 2 aromatic carbocycles. The van der Waals surface area contributed by atoms with Gasteiger partial charge in [0, 0.05) is 12.6 Å². The normalized spacial score (nSPS) is 12.7. The number of carbonyl (C=O) groups excluding carboxylic acids is 2. The first-order chi connectivity index (χ1) is 14.9. The van der Waals surface area contributed by atoms with Gasteiger partial charge in [-0.2, -0.15) is 0 Å². The van der Waals surface area contributed by atoms with Crippen LogP contribution >= 0.6 is 0 Å². The Balaban J connectivity index is 2.19. The molecule has 0 saturated carbocycles. The van der Waals surface area contributed by atoms with Gasteiger partial charge in [-0.3, -0.25) is 9.59 Å². The van der Waals surface area contributed by atoms with E-state index in [1.165, 1.54) is 5.56 Å². The lowest BCUT2D eigenvalue weighted by Gasteiger charge is -2.31. The van der Waals surface area contributed by atoms with Gasteiger partial charge in [0.25, 0.3) is 5.91 Å². The Bertz CT molecular complexity index is 848. The minimum atomic E-state index is -0.548. The first-order valence-electron chi connectivity index (χ1n) is 11.2. The Morgan fingerprint density at radius 3 is 2.29 bits per heavy atom. The smallest absolute Gasteiger partial charge is 0.261 e. The highest BCUT2D eigenvalue weighted by molar-refractivity contribution is 5.88. The standard InChI is InChI=1S/C26H36N2O3/c1-6-20(5)27-26(30)24(8-3)28(17-22-11-9-10-19(4)16-22)25(29)18-31-23-14-12-21(7-2)13-15-23/h9-16,20,24H,6-8,17-18H2,1-5H3,(H,27,30)/t20-,24-/m1/s1. The molecular weight excluding hydrogens is 388 g/mol. The average Bonchev–Trinajstić information content (AvgIpc) is 2.77. The lowest BCUT2D eigenvalue weighted by atomic mass is 10.1. The fourth-order valence-corrected chi connectivity index (χ4v) is 3.42. The number of carbonyl (C=O) groups is 2. The van der Waals surface area contributed by atoms with Crippen LogP contribution in [0.15, 0.2) is 48.5 Å². The minimum absolute atomic E-state index is 0.0609. The van der Waals surface area contributed by atoms with Gasteiger partial charge in [0.1, 0.15) is 11.8 Å². The van der Waals surface area contributed by atoms with Crippen molar-refractivity contribution in [3.63, 3.8) is 0 Å². The summed E-state index contributed by atoms with van der Waals surface area (Å²) in [6, 6.07) is 15.3. The SMILES string of the molecule is CCc1ccc(OCC(=O)N(Cc2cccc(C)c2)[C@H](CC)C(=O)N[C@H](C)CC)cc1. The predicted octanol–water partition coefficient (Wildman–Crippen LogP) is 4.66. The molecule has 0 aromatic heterocycles. The van der Waals surface area contributed by atoms with Crippen molar-refractivity contribution in [3.05, 3.63) is 65.2 Å². The Hall–Kier alpha value is -2.82. The first-order valence-corrected chi connectivity index (χ1v) is 11.2. The summed E-state index contributed by atoms with van der Waals surface area (Å²) >= 11 is 0. The number of ether oxygens (including phenoxy) is 1. The monoisotopic (exact) mass is 424 g/mol. The number of rotatable bonds is 11. The summed E-state index contributed by atoms with van der Waals surface area (Å²) in [7, 11) is 0. The van der Waals surface area contributed by atoms with Crippen molar-refractivity contribution in [1.29, 1.82) is 0 Å². The molecule has 5 nitrogen and oxygen atoms in total. The van der Waals surface area contributed by atoms with Crippen LogP contribution in [0.5, 0.6) is 5.75 Å². The molecule has 5 heteroatoms. The number of nitrogens with one attached hydrogen (secondary N) is 1. The second-order valence-electron chi connectivity index (χ2n) is 8.04. The molecule has 0 spiro atoms. The van der Waals surface area contributed by atoms with Crippen LogP contribution in [0.3, 0.4) is 0 Å². The van der Waals surface area contributed by atoms with E-state index in [0.29, 0.717) is 18.7 Å². The van der Waals surface area contributed by atoms with E-state index in [-0.39, 0.29) is 24.5 Å². The van der Waals surface area contributed by atoms with Crippen LogP contribution in [0, 0.1) is 6.92 Å². The van der Waals surface area contributed by atoms with Gasteiger partial charge in [0.15, 0.2) is 6.61 Å².